The molecular formula is C21H26F4N6. The highest BCUT2D eigenvalue weighted by molar-refractivity contribution is 5.54. The highest BCUT2D eigenvalue weighted by Gasteiger charge is 2.36. The average molecular weight is 438 g/mol. The van der Waals surface area contributed by atoms with E-state index in [4.69, 9.17) is 0 Å². The Hall–Kier alpha value is -2.52. The summed E-state index contributed by atoms with van der Waals surface area (Å²) in [7, 11) is 0. The number of nitrogens with zero attached hydrogens (tertiary/aromatic N) is 4. The molecule has 0 aromatic carbocycles. The number of nitrogens with one attached hydrogen (secondary N) is 2. The molecule has 2 aromatic rings. The lowest BCUT2D eigenvalue weighted by Gasteiger charge is -2.30. The molecule has 10 heteroatoms. The first-order chi connectivity index (χ1) is 14.7. The van der Waals surface area contributed by atoms with Crippen molar-refractivity contribution in [2.45, 2.75) is 82.2 Å². The van der Waals surface area contributed by atoms with Gasteiger partial charge in [0.05, 0.1) is 0 Å². The predicted octanol–water partition coefficient (Wildman–Crippen LogP) is 5.22. The number of hydrogen-bond donors (Lipinski definition) is 2. The molecule has 2 aliphatic carbocycles. The Labute approximate surface area is 178 Å². The third-order valence-electron chi connectivity index (χ3n) is 5.88. The standard InChI is InChI=1S/C21H26F4N6/c1-13-6-11-26-16(12-13)17-29-18(27-14-2-7-20(22,23)8-3-14)31-19(30-17)28-15-4-9-21(24,25)10-5-15/h6,11-12,14-15H,2-5,7-10H2,1H3,(H2,27,28,29,30,31). The molecule has 0 spiro atoms. The monoisotopic (exact) mass is 438 g/mol. The number of alkyl halides is 4. The molecule has 4 rings (SSSR count). The minimum Gasteiger partial charge on any atom is -0.351 e. The van der Waals surface area contributed by atoms with Crippen LogP contribution in [0.15, 0.2) is 18.3 Å². The topological polar surface area (TPSA) is 75.6 Å². The number of rotatable bonds is 5. The second-order valence-electron chi connectivity index (χ2n) is 8.57. The summed E-state index contributed by atoms with van der Waals surface area (Å²) in [6, 6.07) is 3.36. The lowest BCUT2D eigenvalue weighted by atomic mass is 9.92. The van der Waals surface area contributed by atoms with Crippen LogP contribution in [0.2, 0.25) is 0 Å². The second kappa shape index (κ2) is 8.55. The highest BCUT2D eigenvalue weighted by Crippen LogP contribution is 2.35. The van der Waals surface area contributed by atoms with Crippen molar-refractivity contribution in [1.29, 1.82) is 0 Å². The van der Waals surface area contributed by atoms with Gasteiger partial charge in [-0.05, 0) is 50.3 Å². The number of halogens is 4. The molecule has 0 bridgehead atoms. The first kappa shape index (κ1) is 21.7. The van der Waals surface area contributed by atoms with Crippen molar-refractivity contribution in [1.82, 2.24) is 19.9 Å². The van der Waals surface area contributed by atoms with Crippen molar-refractivity contribution in [3.63, 3.8) is 0 Å². The molecule has 0 unspecified atom stereocenters. The van der Waals surface area contributed by atoms with Crippen molar-refractivity contribution >= 4 is 11.9 Å². The van der Waals surface area contributed by atoms with E-state index >= 15 is 0 Å². The summed E-state index contributed by atoms with van der Waals surface area (Å²) >= 11 is 0. The Balaban J connectivity index is 1.55. The molecule has 31 heavy (non-hydrogen) atoms. The van der Waals surface area contributed by atoms with Crippen molar-refractivity contribution < 1.29 is 17.6 Å². The molecule has 0 aliphatic heterocycles. The number of pyridine rings is 1. The van der Waals surface area contributed by atoms with Gasteiger partial charge in [-0.25, -0.2) is 17.6 Å². The van der Waals surface area contributed by atoms with Crippen LogP contribution in [0.5, 0.6) is 0 Å². The Morgan fingerprint density at radius 3 is 1.74 bits per heavy atom. The van der Waals surface area contributed by atoms with Gasteiger partial charge in [0, 0.05) is 44.0 Å². The van der Waals surface area contributed by atoms with Crippen LogP contribution < -0.4 is 10.6 Å². The number of hydrogen-bond acceptors (Lipinski definition) is 6. The molecule has 2 saturated carbocycles. The summed E-state index contributed by atoms with van der Waals surface area (Å²) in [5, 5.41) is 6.30. The van der Waals surface area contributed by atoms with Crippen molar-refractivity contribution in [2.75, 3.05) is 10.6 Å². The zero-order chi connectivity index (χ0) is 22.1. The minimum absolute atomic E-state index is 0.165. The van der Waals surface area contributed by atoms with Crippen molar-refractivity contribution in [3.05, 3.63) is 23.9 Å². The molecule has 6 nitrogen and oxygen atoms in total. The fourth-order valence-corrected chi connectivity index (χ4v) is 4.01. The van der Waals surface area contributed by atoms with Gasteiger partial charge >= 0.3 is 0 Å². The molecule has 168 valence electrons. The van der Waals surface area contributed by atoms with Crippen LogP contribution in [0.1, 0.15) is 56.9 Å². The van der Waals surface area contributed by atoms with Gasteiger partial charge in [0.25, 0.3) is 0 Å². The maximum Gasteiger partial charge on any atom is 0.248 e. The predicted molar refractivity (Wildman–Crippen MR) is 109 cm³/mol. The molecular weight excluding hydrogens is 412 g/mol. The number of aromatic nitrogens is 4. The van der Waals surface area contributed by atoms with Gasteiger partial charge in [0.1, 0.15) is 5.69 Å². The molecule has 0 radical (unpaired) electrons. The summed E-state index contributed by atoms with van der Waals surface area (Å²) in [4.78, 5) is 17.6. The van der Waals surface area contributed by atoms with E-state index < -0.39 is 11.8 Å². The van der Waals surface area contributed by atoms with Crippen LogP contribution in [0.25, 0.3) is 11.5 Å². The smallest absolute Gasteiger partial charge is 0.248 e. The first-order valence-electron chi connectivity index (χ1n) is 10.7. The summed E-state index contributed by atoms with van der Waals surface area (Å²) in [5.41, 5.74) is 1.54. The Bertz CT molecular complexity index is 854. The maximum absolute atomic E-state index is 13.5. The molecule has 2 heterocycles. The molecule has 2 aliphatic rings. The zero-order valence-corrected chi connectivity index (χ0v) is 17.3. The molecule has 2 aromatic heterocycles. The van der Waals surface area contributed by atoms with Crippen molar-refractivity contribution in [3.8, 4) is 11.5 Å². The fourth-order valence-electron chi connectivity index (χ4n) is 4.01. The molecule has 0 atom stereocenters. The fraction of sp³-hybridized carbons (Fsp3) is 0.619. The van der Waals surface area contributed by atoms with E-state index in [-0.39, 0.29) is 49.7 Å². The first-order valence-corrected chi connectivity index (χ1v) is 10.7. The molecule has 0 saturated heterocycles. The van der Waals surface area contributed by atoms with E-state index in [1.54, 1.807) is 6.20 Å². The summed E-state index contributed by atoms with van der Waals surface area (Å²) in [6.07, 6.45) is 2.21. The van der Waals surface area contributed by atoms with Crippen LogP contribution in [0.3, 0.4) is 0 Å². The van der Waals surface area contributed by atoms with Crippen LogP contribution in [-0.2, 0) is 0 Å². The number of anilines is 2. The van der Waals surface area contributed by atoms with Crippen LogP contribution in [0, 0.1) is 6.92 Å². The van der Waals surface area contributed by atoms with Gasteiger partial charge in [0.2, 0.25) is 23.7 Å². The lowest BCUT2D eigenvalue weighted by Crippen LogP contribution is -2.33. The van der Waals surface area contributed by atoms with Gasteiger partial charge in [-0.2, -0.15) is 15.0 Å². The maximum atomic E-state index is 13.5. The highest BCUT2D eigenvalue weighted by atomic mass is 19.3. The van der Waals surface area contributed by atoms with Crippen LogP contribution in [-0.4, -0.2) is 43.9 Å². The van der Waals surface area contributed by atoms with Gasteiger partial charge in [-0.3, -0.25) is 4.98 Å². The van der Waals surface area contributed by atoms with Crippen LogP contribution in [0.4, 0.5) is 29.5 Å². The Morgan fingerprint density at radius 1 is 0.806 bits per heavy atom. The minimum atomic E-state index is -2.62. The second-order valence-corrected chi connectivity index (χ2v) is 8.57. The Kier molecular flexibility index (Phi) is 5.98. The quantitative estimate of drug-likeness (QED) is 0.624. The van der Waals surface area contributed by atoms with E-state index in [1.165, 1.54) is 0 Å². The summed E-state index contributed by atoms with van der Waals surface area (Å²) in [6.45, 7) is 1.93. The molecule has 2 fully saturated rings. The normalized spacial score (nSPS) is 21.6. The van der Waals surface area contributed by atoms with E-state index in [1.807, 2.05) is 19.1 Å². The van der Waals surface area contributed by atoms with Crippen LogP contribution >= 0.6 is 0 Å². The number of aryl methyl sites for hydroxylation is 1. The van der Waals surface area contributed by atoms with Gasteiger partial charge in [0.15, 0.2) is 5.82 Å². The van der Waals surface area contributed by atoms with Gasteiger partial charge in [-0.15, -0.1) is 0 Å². The van der Waals surface area contributed by atoms with Gasteiger partial charge in [-0.1, -0.05) is 0 Å². The molecule has 0 amide bonds. The third-order valence-corrected chi connectivity index (χ3v) is 5.88. The van der Waals surface area contributed by atoms with E-state index in [2.05, 4.69) is 30.6 Å². The van der Waals surface area contributed by atoms with E-state index in [9.17, 15) is 17.6 Å². The molecule has 2 N–H and O–H groups in total. The largest absolute Gasteiger partial charge is 0.351 e. The zero-order valence-electron chi connectivity index (χ0n) is 17.3. The SMILES string of the molecule is Cc1ccnc(-c2nc(NC3CCC(F)(F)CC3)nc(NC3CCC(F)(F)CC3)n2)c1. The summed E-state index contributed by atoms with van der Waals surface area (Å²) in [5.74, 6) is -4.36. The Morgan fingerprint density at radius 2 is 1.29 bits per heavy atom. The van der Waals surface area contributed by atoms with Crippen molar-refractivity contribution in [2.24, 2.45) is 0 Å². The average Bonchev–Trinajstić information content (AvgIpc) is 2.71. The lowest BCUT2D eigenvalue weighted by molar-refractivity contribution is -0.0366. The van der Waals surface area contributed by atoms with E-state index in [0.29, 0.717) is 37.2 Å². The summed E-state index contributed by atoms with van der Waals surface area (Å²) < 4.78 is 53.9. The van der Waals surface area contributed by atoms with E-state index in [0.717, 1.165) is 5.56 Å². The van der Waals surface area contributed by atoms with Gasteiger partial charge < -0.3 is 10.6 Å². The third kappa shape index (κ3) is 5.80.